The number of aromatic nitrogens is 2. The Morgan fingerprint density at radius 3 is 2.86 bits per heavy atom. The molecule has 0 aliphatic rings. The molecular formula is C12H10BrClN4O3. The lowest BCUT2D eigenvalue weighted by Gasteiger charge is -2.08. The number of carbonyl (C=O) groups is 2. The first-order valence-corrected chi connectivity index (χ1v) is 6.89. The van der Waals surface area contributed by atoms with Crippen molar-refractivity contribution in [1.82, 2.24) is 9.78 Å². The maximum absolute atomic E-state index is 11.8. The Morgan fingerprint density at radius 2 is 2.14 bits per heavy atom. The third-order valence-electron chi connectivity index (χ3n) is 2.39. The van der Waals surface area contributed by atoms with E-state index in [-0.39, 0.29) is 6.54 Å². The summed E-state index contributed by atoms with van der Waals surface area (Å²) in [6, 6.07) is 4.58. The Hall–Kier alpha value is -2.06. The van der Waals surface area contributed by atoms with Crippen LogP contribution in [0.2, 0.25) is 5.02 Å². The molecule has 7 nitrogen and oxygen atoms in total. The van der Waals surface area contributed by atoms with E-state index in [1.54, 1.807) is 18.2 Å². The van der Waals surface area contributed by atoms with E-state index in [0.29, 0.717) is 20.9 Å². The van der Waals surface area contributed by atoms with Gasteiger partial charge in [0.15, 0.2) is 0 Å². The molecule has 110 valence electrons. The zero-order valence-corrected chi connectivity index (χ0v) is 12.8. The van der Waals surface area contributed by atoms with E-state index in [1.807, 2.05) is 0 Å². The summed E-state index contributed by atoms with van der Waals surface area (Å²) in [6.07, 6.45) is 2.77. The fourth-order valence-corrected chi connectivity index (χ4v) is 2.08. The third-order valence-corrected chi connectivity index (χ3v) is 3.79. The average molecular weight is 374 g/mol. The lowest BCUT2D eigenvalue weighted by atomic mass is 10.3. The van der Waals surface area contributed by atoms with Crippen LogP contribution in [0, 0.1) is 0 Å². The highest BCUT2D eigenvalue weighted by molar-refractivity contribution is 9.10. The van der Waals surface area contributed by atoms with Crippen molar-refractivity contribution in [1.29, 1.82) is 0 Å². The number of hydrogen-bond donors (Lipinski definition) is 3. The Kier molecular flexibility index (Phi) is 4.81. The summed E-state index contributed by atoms with van der Waals surface area (Å²) >= 11 is 9.19. The first-order chi connectivity index (χ1) is 9.95. The molecule has 2 amide bonds. The van der Waals surface area contributed by atoms with Crippen LogP contribution in [0.4, 0.5) is 16.2 Å². The van der Waals surface area contributed by atoms with Gasteiger partial charge >= 0.3 is 12.0 Å². The molecule has 9 heteroatoms. The molecule has 0 bridgehead atoms. The minimum Gasteiger partial charge on any atom is -0.480 e. The maximum Gasteiger partial charge on any atom is 0.325 e. The molecule has 1 heterocycles. The molecule has 0 fully saturated rings. The number of amides is 2. The number of aliphatic carboxylic acids is 1. The van der Waals surface area contributed by atoms with Crippen LogP contribution in [0.3, 0.4) is 0 Å². The van der Waals surface area contributed by atoms with Crippen LogP contribution in [0.25, 0.3) is 0 Å². The summed E-state index contributed by atoms with van der Waals surface area (Å²) in [6.45, 7) is -0.275. The number of urea groups is 1. The van der Waals surface area contributed by atoms with Crippen molar-refractivity contribution in [2.45, 2.75) is 6.54 Å². The highest BCUT2D eigenvalue weighted by Gasteiger charge is 2.09. The highest BCUT2D eigenvalue weighted by Crippen LogP contribution is 2.30. The van der Waals surface area contributed by atoms with Gasteiger partial charge in [-0.3, -0.25) is 9.48 Å². The van der Waals surface area contributed by atoms with Gasteiger partial charge in [0.05, 0.1) is 27.1 Å². The van der Waals surface area contributed by atoms with Gasteiger partial charge in [-0.25, -0.2) is 4.79 Å². The molecular weight excluding hydrogens is 364 g/mol. The van der Waals surface area contributed by atoms with Crippen molar-refractivity contribution in [2.75, 3.05) is 10.6 Å². The van der Waals surface area contributed by atoms with Gasteiger partial charge in [0.2, 0.25) is 0 Å². The molecule has 0 aliphatic heterocycles. The average Bonchev–Trinajstić information content (AvgIpc) is 2.81. The normalized spacial score (nSPS) is 10.2. The van der Waals surface area contributed by atoms with Gasteiger partial charge < -0.3 is 15.7 Å². The standard InChI is InChI=1S/C12H10BrClN4O3/c13-11-8(14)2-1-3-9(11)17-12(21)16-7-4-15-18(5-7)6-10(19)20/h1-5H,6H2,(H,19,20)(H2,16,17,21). The van der Waals surface area contributed by atoms with Crippen LogP contribution < -0.4 is 10.6 Å². The molecule has 0 atom stereocenters. The molecule has 21 heavy (non-hydrogen) atoms. The van der Waals surface area contributed by atoms with E-state index in [4.69, 9.17) is 16.7 Å². The predicted molar refractivity (Wildman–Crippen MR) is 81.7 cm³/mol. The summed E-state index contributed by atoms with van der Waals surface area (Å²) in [5.74, 6) is -1.02. The van der Waals surface area contributed by atoms with E-state index in [9.17, 15) is 9.59 Å². The van der Waals surface area contributed by atoms with Crippen molar-refractivity contribution in [3.63, 3.8) is 0 Å². The van der Waals surface area contributed by atoms with Gasteiger partial charge in [0, 0.05) is 6.20 Å². The second-order valence-corrected chi connectivity index (χ2v) is 5.20. The Labute approximate surface area is 133 Å². The van der Waals surface area contributed by atoms with E-state index >= 15 is 0 Å². The molecule has 1 aromatic heterocycles. The van der Waals surface area contributed by atoms with Crippen LogP contribution in [-0.2, 0) is 11.3 Å². The summed E-state index contributed by atoms with van der Waals surface area (Å²) in [5, 5.41) is 18.1. The lowest BCUT2D eigenvalue weighted by Crippen LogP contribution is -2.19. The van der Waals surface area contributed by atoms with E-state index in [0.717, 1.165) is 0 Å². The Balaban J connectivity index is 2.00. The predicted octanol–water partition coefficient (Wildman–Crippen LogP) is 3.03. The van der Waals surface area contributed by atoms with E-state index in [1.165, 1.54) is 17.1 Å². The number of halogens is 2. The van der Waals surface area contributed by atoms with Gasteiger partial charge in [-0.15, -0.1) is 0 Å². The van der Waals surface area contributed by atoms with E-state index < -0.39 is 12.0 Å². The van der Waals surface area contributed by atoms with Gasteiger partial charge in [-0.2, -0.15) is 5.10 Å². The number of nitrogens with zero attached hydrogens (tertiary/aromatic N) is 2. The van der Waals surface area contributed by atoms with E-state index in [2.05, 4.69) is 31.7 Å². The van der Waals surface area contributed by atoms with Gasteiger partial charge in [-0.05, 0) is 28.1 Å². The fourth-order valence-electron chi connectivity index (χ4n) is 1.54. The number of benzene rings is 1. The number of carbonyl (C=O) groups excluding carboxylic acids is 1. The summed E-state index contributed by atoms with van der Waals surface area (Å²) in [4.78, 5) is 22.4. The number of anilines is 2. The van der Waals surface area contributed by atoms with Gasteiger partial charge in [0.1, 0.15) is 6.54 Å². The van der Waals surface area contributed by atoms with Gasteiger partial charge in [-0.1, -0.05) is 17.7 Å². The number of carboxylic acid groups (broad SMARTS) is 1. The SMILES string of the molecule is O=C(O)Cn1cc(NC(=O)Nc2cccc(Cl)c2Br)cn1. The molecule has 2 rings (SSSR count). The zero-order valence-electron chi connectivity index (χ0n) is 10.5. The molecule has 0 radical (unpaired) electrons. The minimum atomic E-state index is -1.02. The minimum absolute atomic E-state index is 0.275. The molecule has 2 aromatic rings. The van der Waals surface area contributed by atoms with Crippen LogP contribution in [0.15, 0.2) is 35.1 Å². The summed E-state index contributed by atoms with van der Waals surface area (Å²) in [7, 11) is 0. The zero-order chi connectivity index (χ0) is 15.4. The van der Waals surface area contributed by atoms with Crippen LogP contribution in [-0.4, -0.2) is 26.9 Å². The molecule has 1 aromatic carbocycles. The maximum atomic E-state index is 11.8. The third kappa shape index (κ3) is 4.20. The second-order valence-electron chi connectivity index (χ2n) is 4.00. The molecule has 0 saturated carbocycles. The first-order valence-electron chi connectivity index (χ1n) is 5.72. The van der Waals surface area contributed by atoms with Crippen molar-refractivity contribution in [3.8, 4) is 0 Å². The second kappa shape index (κ2) is 6.59. The largest absolute Gasteiger partial charge is 0.480 e. The molecule has 3 N–H and O–H groups in total. The molecule has 0 unspecified atom stereocenters. The number of hydrogen-bond acceptors (Lipinski definition) is 3. The lowest BCUT2D eigenvalue weighted by molar-refractivity contribution is -0.137. The summed E-state index contributed by atoms with van der Waals surface area (Å²) in [5.41, 5.74) is 0.893. The van der Waals surface area contributed by atoms with Crippen molar-refractivity contribution in [2.24, 2.45) is 0 Å². The van der Waals surface area contributed by atoms with Crippen molar-refractivity contribution < 1.29 is 14.7 Å². The fraction of sp³-hybridized carbons (Fsp3) is 0.0833. The Morgan fingerprint density at radius 1 is 1.38 bits per heavy atom. The first kappa shape index (κ1) is 15.3. The number of rotatable bonds is 4. The molecule has 0 aliphatic carbocycles. The summed E-state index contributed by atoms with van der Waals surface area (Å²) < 4.78 is 1.77. The molecule has 0 saturated heterocycles. The van der Waals surface area contributed by atoms with Crippen molar-refractivity contribution in [3.05, 3.63) is 40.1 Å². The highest BCUT2D eigenvalue weighted by atomic mass is 79.9. The van der Waals surface area contributed by atoms with Crippen LogP contribution >= 0.6 is 27.5 Å². The smallest absolute Gasteiger partial charge is 0.325 e. The quantitative estimate of drug-likeness (QED) is 0.767. The number of nitrogens with one attached hydrogen (secondary N) is 2. The van der Waals surface area contributed by atoms with Crippen LogP contribution in [0.5, 0.6) is 0 Å². The number of carboxylic acids is 1. The molecule has 0 spiro atoms. The monoisotopic (exact) mass is 372 g/mol. The van der Waals surface area contributed by atoms with Gasteiger partial charge in [0.25, 0.3) is 0 Å². The Bertz CT molecular complexity index is 689. The van der Waals surface area contributed by atoms with Crippen LogP contribution in [0.1, 0.15) is 0 Å². The topological polar surface area (TPSA) is 96.2 Å². The van der Waals surface area contributed by atoms with Crippen molar-refractivity contribution >= 4 is 50.9 Å².